The molecule has 33 heavy (non-hydrogen) atoms. The van der Waals surface area contributed by atoms with Crippen LogP contribution in [0.4, 0.5) is 5.69 Å². The van der Waals surface area contributed by atoms with Gasteiger partial charge in [0.25, 0.3) is 0 Å². The van der Waals surface area contributed by atoms with Crippen molar-refractivity contribution in [1.82, 2.24) is 5.43 Å². The van der Waals surface area contributed by atoms with Crippen LogP contribution in [0.25, 0.3) is 0 Å². The van der Waals surface area contributed by atoms with E-state index < -0.39 is 17.8 Å². The second-order valence-electron chi connectivity index (χ2n) is 7.28. The van der Waals surface area contributed by atoms with Gasteiger partial charge >= 0.3 is 17.8 Å². The molecule has 3 rings (SSSR count). The Labute approximate surface area is 196 Å². The van der Waals surface area contributed by atoms with Crippen LogP contribution in [0.5, 0.6) is 5.75 Å². The zero-order valence-electron chi connectivity index (χ0n) is 18.3. The van der Waals surface area contributed by atoms with Gasteiger partial charge in [-0.2, -0.15) is 5.10 Å². The number of esters is 1. The minimum Gasteiger partial charge on any atom is -0.422 e. The van der Waals surface area contributed by atoms with E-state index in [9.17, 15) is 14.4 Å². The molecule has 0 spiro atoms. The number of carbonyl (C=O) groups excluding carboxylic acids is 3. The number of amides is 2. The van der Waals surface area contributed by atoms with E-state index >= 15 is 0 Å². The molecule has 0 unspecified atom stereocenters. The number of benzene rings is 3. The molecule has 0 aromatic heterocycles. The molecule has 0 saturated carbocycles. The van der Waals surface area contributed by atoms with Crippen LogP contribution < -0.4 is 15.5 Å². The Morgan fingerprint density at radius 1 is 0.879 bits per heavy atom. The quantitative estimate of drug-likeness (QED) is 0.189. The van der Waals surface area contributed by atoms with Crippen LogP contribution >= 0.6 is 11.6 Å². The van der Waals surface area contributed by atoms with Gasteiger partial charge in [-0.3, -0.25) is 9.59 Å². The summed E-state index contributed by atoms with van der Waals surface area (Å²) < 4.78 is 5.49. The van der Waals surface area contributed by atoms with Crippen LogP contribution in [0.1, 0.15) is 34.0 Å². The summed E-state index contributed by atoms with van der Waals surface area (Å²) in [5.74, 6) is -2.17. The van der Waals surface area contributed by atoms with Crippen LogP contribution in [0.2, 0.25) is 5.02 Å². The van der Waals surface area contributed by atoms with Crippen molar-refractivity contribution in [2.75, 3.05) is 5.32 Å². The molecule has 0 atom stereocenters. The summed E-state index contributed by atoms with van der Waals surface area (Å²) in [4.78, 5) is 37.0. The van der Waals surface area contributed by atoms with E-state index in [1.807, 2.05) is 26.0 Å². The number of hydrogen-bond donors (Lipinski definition) is 2. The monoisotopic (exact) mass is 463 g/mol. The molecule has 0 fully saturated rings. The third-order valence-corrected chi connectivity index (χ3v) is 5.08. The van der Waals surface area contributed by atoms with E-state index in [2.05, 4.69) is 15.8 Å². The number of rotatable bonds is 5. The summed E-state index contributed by atoms with van der Waals surface area (Å²) in [5.41, 5.74) is 5.59. The van der Waals surface area contributed by atoms with E-state index in [1.54, 1.807) is 61.5 Å². The lowest BCUT2D eigenvalue weighted by molar-refractivity contribution is -0.136. The number of ether oxygens (including phenoxy) is 1. The predicted octanol–water partition coefficient (Wildman–Crippen LogP) is 4.65. The first kappa shape index (κ1) is 23.7. The van der Waals surface area contributed by atoms with E-state index in [0.29, 0.717) is 17.0 Å². The zero-order chi connectivity index (χ0) is 24.0. The van der Waals surface area contributed by atoms with Gasteiger partial charge < -0.3 is 10.1 Å². The molecule has 0 aliphatic rings. The van der Waals surface area contributed by atoms with Gasteiger partial charge in [-0.25, -0.2) is 10.2 Å². The van der Waals surface area contributed by atoms with Crippen molar-refractivity contribution >= 4 is 40.8 Å². The van der Waals surface area contributed by atoms with Gasteiger partial charge in [-0.15, -0.1) is 0 Å². The molecule has 0 bridgehead atoms. The fourth-order valence-electron chi connectivity index (χ4n) is 2.93. The summed E-state index contributed by atoms with van der Waals surface area (Å²) in [6, 6.07) is 18.8. The minimum atomic E-state index is -0.930. The lowest BCUT2D eigenvalue weighted by atomic mass is 10.1. The number of anilines is 1. The first-order valence-electron chi connectivity index (χ1n) is 10.0. The molecule has 0 radical (unpaired) electrons. The molecular weight excluding hydrogens is 442 g/mol. The summed E-state index contributed by atoms with van der Waals surface area (Å²) in [7, 11) is 0. The van der Waals surface area contributed by atoms with E-state index in [1.165, 1.54) is 0 Å². The van der Waals surface area contributed by atoms with E-state index in [4.69, 9.17) is 16.3 Å². The minimum absolute atomic E-state index is 0.222. The normalized spacial score (nSPS) is 11.0. The Morgan fingerprint density at radius 2 is 1.55 bits per heavy atom. The first-order valence-corrected chi connectivity index (χ1v) is 10.4. The summed E-state index contributed by atoms with van der Waals surface area (Å²) in [6.45, 7) is 5.33. The van der Waals surface area contributed by atoms with Crippen LogP contribution in [-0.2, 0) is 9.59 Å². The number of carbonyl (C=O) groups is 3. The van der Waals surface area contributed by atoms with Gasteiger partial charge in [0.05, 0.1) is 16.3 Å². The van der Waals surface area contributed by atoms with Gasteiger partial charge in [0.15, 0.2) is 0 Å². The summed E-state index contributed by atoms with van der Waals surface area (Å²) in [6.07, 6.45) is 0. The van der Waals surface area contributed by atoms with Gasteiger partial charge in [0.2, 0.25) is 0 Å². The Bertz CT molecular complexity index is 1250. The molecule has 168 valence electrons. The number of halogens is 1. The summed E-state index contributed by atoms with van der Waals surface area (Å²) in [5, 5.41) is 6.84. The lowest BCUT2D eigenvalue weighted by Crippen LogP contribution is -2.33. The molecule has 0 aliphatic heterocycles. The van der Waals surface area contributed by atoms with Gasteiger partial charge in [-0.1, -0.05) is 48.0 Å². The Balaban J connectivity index is 1.71. The smallest absolute Gasteiger partial charge is 0.345 e. The van der Waals surface area contributed by atoms with Gasteiger partial charge in [-0.05, 0) is 62.2 Å². The highest BCUT2D eigenvalue weighted by Gasteiger charge is 2.17. The first-order chi connectivity index (χ1) is 15.8. The third kappa shape index (κ3) is 6.05. The highest BCUT2D eigenvalue weighted by molar-refractivity contribution is 6.39. The molecular formula is C25H22ClN3O4. The van der Waals surface area contributed by atoms with E-state index in [0.717, 1.165) is 11.1 Å². The maximum Gasteiger partial charge on any atom is 0.345 e. The van der Waals surface area contributed by atoms with Crippen molar-refractivity contribution in [2.45, 2.75) is 20.8 Å². The highest BCUT2D eigenvalue weighted by atomic mass is 35.5. The zero-order valence-corrected chi connectivity index (χ0v) is 19.1. The van der Waals surface area contributed by atoms with Crippen molar-refractivity contribution in [3.05, 3.63) is 94.0 Å². The number of para-hydroxylation sites is 1. The third-order valence-electron chi connectivity index (χ3n) is 4.75. The molecule has 3 aromatic rings. The lowest BCUT2D eigenvalue weighted by Gasteiger charge is -2.11. The highest BCUT2D eigenvalue weighted by Crippen LogP contribution is 2.23. The van der Waals surface area contributed by atoms with Crippen LogP contribution in [0, 0.1) is 13.8 Å². The predicted molar refractivity (Wildman–Crippen MR) is 128 cm³/mol. The Kier molecular flexibility index (Phi) is 7.58. The number of hydrazone groups is 1. The number of nitrogens with zero attached hydrogens (tertiary/aromatic N) is 1. The fraction of sp³-hybridized carbons (Fsp3) is 0.120. The standard InChI is InChI=1S/C25H22ClN3O4/c1-15-12-13-16(2)21(14-15)27-23(30)24(31)29-28-17(3)18-8-5-7-11-22(18)33-25(32)19-9-4-6-10-20(19)26/h4-14H,1-3H3,(H,27,30)(H,29,31). The summed E-state index contributed by atoms with van der Waals surface area (Å²) >= 11 is 6.07. The van der Waals surface area contributed by atoms with Crippen molar-refractivity contribution in [3.8, 4) is 5.75 Å². The SMILES string of the molecule is CC(=NNC(=O)C(=O)Nc1cc(C)ccc1C)c1ccccc1OC(=O)c1ccccc1Cl. The van der Waals surface area contributed by atoms with E-state index in [-0.39, 0.29) is 16.3 Å². The topological polar surface area (TPSA) is 96.9 Å². The fourth-order valence-corrected chi connectivity index (χ4v) is 3.14. The van der Waals surface area contributed by atoms with Crippen molar-refractivity contribution < 1.29 is 19.1 Å². The molecule has 2 amide bonds. The molecule has 2 N–H and O–H groups in total. The Morgan fingerprint density at radius 3 is 2.27 bits per heavy atom. The molecule has 3 aromatic carbocycles. The maximum atomic E-state index is 12.5. The second kappa shape index (κ2) is 10.6. The van der Waals surface area contributed by atoms with Crippen molar-refractivity contribution in [3.63, 3.8) is 0 Å². The van der Waals surface area contributed by atoms with Crippen LogP contribution in [-0.4, -0.2) is 23.5 Å². The average Bonchev–Trinajstić information content (AvgIpc) is 2.80. The number of nitrogens with one attached hydrogen (secondary N) is 2. The van der Waals surface area contributed by atoms with Crippen molar-refractivity contribution in [1.29, 1.82) is 0 Å². The Hall–Kier alpha value is -3.97. The van der Waals surface area contributed by atoms with Crippen LogP contribution in [0.15, 0.2) is 71.8 Å². The maximum absolute atomic E-state index is 12.5. The number of aryl methyl sites for hydroxylation is 2. The number of hydrogen-bond acceptors (Lipinski definition) is 5. The second-order valence-corrected chi connectivity index (χ2v) is 7.68. The average molecular weight is 464 g/mol. The molecule has 8 heteroatoms. The van der Waals surface area contributed by atoms with Gasteiger partial charge in [0, 0.05) is 11.3 Å². The molecule has 7 nitrogen and oxygen atoms in total. The molecule has 0 heterocycles. The molecule has 0 saturated heterocycles. The largest absolute Gasteiger partial charge is 0.422 e. The van der Waals surface area contributed by atoms with Crippen LogP contribution in [0.3, 0.4) is 0 Å². The van der Waals surface area contributed by atoms with Gasteiger partial charge in [0.1, 0.15) is 5.75 Å². The van der Waals surface area contributed by atoms with Crippen molar-refractivity contribution in [2.24, 2.45) is 5.10 Å². The molecule has 0 aliphatic carbocycles.